The van der Waals surface area contributed by atoms with Gasteiger partial charge in [0.1, 0.15) is 5.67 Å². The van der Waals surface area contributed by atoms with Crippen LogP contribution in [0.2, 0.25) is 0 Å². The molecule has 0 fully saturated rings. The van der Waals surface area contributed by atoms with Gasteiger partial charge in [-0.05, 0) is 6.08 Å². The fraction of sp³-hybridized carbons (Fsp3) is 0.429. The average Bonchev–Trinajstić information content (AvgIpc) is 1.90. The fourth-order valence-corrected chi connectivity index (χ4v) is 0.790. The Balaban J connectivity index is 2.63. The fourth-order valence-electron chi connectivity index (χ4n) is 0.790. The van der Waals surface area contributed by atoms with Gasteiger partial charge in [0.05, 0.1) is 0 Å². The molecule has 1 rings (SSSR count). The van der Waals surface area contributed by atoms with Crippen LogP contribution in [-0.4, -0.2) is 12.2 Å². The summed E-state index contributed by atoms with van der Waals surface area (Å²) >= 11 is 0. The number of halogens is 1. The highest BCUT2D eigenvalue weighted by Crippen LogP contribution is 2.20. The number of alkyl halides is 1. The summed E-state index contributed by atoms with van der Waals surface area (Å²) in [5.41, 5.74) is 3.91. The molecule has 0 saturated heterocycles. The number of nitrogens with two attached hydrogens (primary N) is 1. The van der Waals surface area contributed by atoms with Crippen LogP contribution in [-0.2, 0) is 0 Å². The van der Waals surface area contributed by atoms with Crippen LogP contribution in [0.25, 0.3) is 0 Å². The van der Waals surface area contributed by atoms with Crippen molar-refractivity contribution >= 4 is 0 Å². The van der Waals surface area contributed by atoms with E-state index in [9.17, 15) is 4.39 Å². The van der Waals surface area contributed by atoms with Gasteiger partial charge in [0.2, 0.25) is 0 Å². The van der Waals surface area contributed by atoms with Crippen molar-refractivity contribution in [2.24, 2.45) is 5.73 Å². The summed E-state index contributed by atoms with van der Waals surface area (Å²) in [6.45, 7) is 0.0772. The summed E-state index contributed by atoms with van der Waals surface area (Å²) in [6.07, 6.45) is 7.23. The van der Waals surface area contributed by atoms with Crippen molar-refractivity contribution < 1.29 is 4.39 Å². The average molecular weight is 127 g/mol. The SMILES string of the molecule is NCC1(F)C=CC=CC1. The second kappa shape index (κ2) is 2.31. The van der Waals surface area contributed by atoms with E-state index < -0.39 is 5.67 Å². The van der Waals surface area contributed by atoms with Crippen LogP contribution in [0.15, 0.2) is 24.3 Å². The maximum Gasteiger partial charge on any atom is 0.145 e. The zero-order valence-electron chi connectivity index (χ0n) is 5.18. The van der Waals surface area contributed by atoms with Crippen LogP contribution >= 0.6 is 0 Å². The lowest BCUT2D eigenvalue weighted by atomic mass is 9.98. The second-order valence-electron chi connectivity index (χ2n) is 2.23. The van der Waals surface area contributed by atoms with E-state index in [1.165, 1.54) is 6.08 Å². The molecule has 0 amide bonds. The highest BCUT2D eigenvalue weighted by Gasteiger charge is 2.23. The van der Waals surface area contributed by atoms with Crippen LogP contribution < -0.4 is 5.73 Å². The van der Waals surface area contributed by atoms with Crippen molar-refractivity contribution in [1.82, 2.24) is 0 Å². The van der Waals surface area contributed by atoms with E-state index in [2.05, 4.69) is 0 Å². The summed E-state index contributed by atoms with van der Waals surface area (Å²) < 4.78 is 13.0. The van der Waals surface area contributed by atoms with Crippen molar-refractivity contribution in [2.45, 2.75) is 12.1 Å². The molecule has 0 heterocycles. The highest BCUT2D eigenvalue weighted by molar-refractivity contribution is 5.18. The van der Waals surface area contributed by atoms with E-state index in [0.29, 0.717) is 6.42 Å². The quantitative estimate of drug-likeness (QED) is 0.562. The van der Waals surface area contributed by atoms with Gasteiger partial charge in [0.25, 0.3) is 0 Å². The normalized spacial score (nSPS) is 33.1. The van der Waals surface area contributed by atoms with Crippen molar-refractivity contribution in [3.63, 3.8) is 0 Å². The zero-order chi connectivity index (χ0) is 6.74. The van der Waals surface area contributed by atoms with E-state index in [0.717, 1.165) is 0 Å². The van der Waals surface area contributed by atoms with Crippen LogP contribution in [0.4, 0.5) is 4.39 Å². The minimum absolute atomic E-state index is 0.0772. The Hall–Kier alpha value is -0.630. The molecule has 1 aliphatic carbocycles. The molecule has 2 heteroatoms. The molecule has 0 aromatic rings. The molecule has 0 aromatic heterocycles. The lowest BCUT2D eigenvalue weighted by molar-refractivity contribution is 0.241. The van der Waals surface area contributed by atoms with Crippen molar-refractivity contribution in [2.75, 3.05) is 6.54 Å². The van der Waals surface area contributed by atoms with E-state index >= 15 is 0 Å². The van der Waals surface area contributed by atoms with Crippen LogP contribution in [0.1, 0.15) is 6.42 Å². The first-order valence-corrected chi connectivity index (χ1v) is 3.00. The molecular weight excluding hydrogens is 117 g/mol. The van der Waals surface area contributed by atoms with Gasteiger partial charge in [-0.1, -0.05) is 18.2 Å². The van der Waals surface area contributed by atoms with Crippen LogP contribution in [0.3, 0.4) is 0 Å². The maximum atomic E-state index is 13.0. The van der Waals surface area contributed by atoms with Gasteiger partial charge in [-0.2, -0.15) is 0 Å². The van der Waals surface area contributed by atoms with Crippen molar-refractivity contribution in [3.05, 3.63) is 24.3 Å². The molecule has 9 heavy (non-hydrogen) atoms. The Bertz CT molecular complexity index is 151. The molecular formula is C7H10FN. The monoisotopic (exact) mass is 127 g/mol. The van der Waals surface area contributed by atoms with Gasteiger partial charge >= 0.3 is 0 Å². The van der Waals surface area contributed by atoms with Crippen LogP contribution in [0.5, 0.6) is 0 Å². The maximum absolute atomic E-state index is 13.0. The molecule has 1 aliphatic rings. The second-order valence-corrected chi connectivity index (χ2v) is 2.23. The van der Waals surface area contributed by atoms with E-state index in [1.807, 2.05) is 6.08 Å². The minimum atomic E-state index is -1.27. The predicted octanol–water partition coefficient (Wildman–Crippen LogP) is 1.17. The molecule has 1 nitrogen and oxygen atoms in total. The Labute approximate surface area is 54.0 Å². The Morgan fingerprint density at radius 3 is 2.67 bits per heavy atom. The number of allylic oxidation sites excluding steroid dienone is 3. The minimum Gasteiger partial charge on any atom is -0.327 e. The summed E-state index contributed by atoms with van der Waals surface area (Å²) in [5.74, 6) is 0. The third-order valence-corrected chi connectivity index (χ3v) is 1.44. The Morgan fingerprint density at radius 1 is 1.56 bits per heavy atom. The summed E-state index contributed by atoms with van der Waals surface area (Å²) in [6, 6.07) is 0. The summed E-state index contributed by atoms with van der Waals surface area (Å²) in [5, 5.41) is 0. The number of hydrogen-bond acceptors (Lipinski definition) is 1. The van der Waals surface area contributed by atoms with Crippen LogP contribution in [0, 0.1) is 0 Å². The Morgan fingerprint density at radius 2 is 2.33 bits per heavy atom. The first-order chi connectivity index (χ1) is 4.27. The third-order valence-electron chi connectivity index (χ3n) is 1.44. The largest absolute Gasteiger partial charge is 0.327 e. The molecule has 0 bridgehead atoms. The highest BCUT2D eigenvalue weighted by atomic mass is 19.1. The molecule has 50 valence electrons. The van der Waals surface area contributed by atoms with E-state index in [4.69, 9.17) is 5.73 Å². The van der Waals surface area contributed by atoms with Crippen molar-refractivity contribution in [1.29, 1.82) is 0 Å². The van der Waals surface area contributed by atoms with Gasteiger partial charge in [-0.3, -0.25) is 0 Å². The van der Waals surface area contributed by atoms with Gasteiger partial charge in [-0.15, -0.1) is 0 Å². The van der Waals surface area contributed by atoms with Gasteiger partial charge in [0.15, 0.2) is 0 Å². The van der Waals surface area contributed by atoms with E-state index in [1.54, 1.807) is 12.2 Å². The standard InChI is InChI=1S/C7H10FN/c8-7(6-9)4-2-1-3-5-7/h1-4H,5-6,9H2. The molecule has 2 N–H and O–H groups in total. The third kappa shape index (κ3) is 1.39. The van der Waals surface area contributed by atoms with Gasteiger partial charge in [0, 0.05) is 13.0 Å². The van der Waals surface area contributed by atoms with Gasteiger partial charge in [-0.25, -0.2) is 4.39 Å². The number of hydrogen-bond donors (Lipinski definition) is 1. The first kappa shape index (κ1) is 6.49. The zero-order valence-corrected chi connectivity index (χ0v) is 5.18. The van der Waals surface area contributed by atoms with Crippen molar-refractivity contribution in [3.8, 4) is 0 Å². The van der Waals surface area contributed by atoms with Gasteiger partial charge < -0.3 is 5.73 Å². The first-order valence-electron chi connectivity index (χ1n) is 3.00. The van der Waals surface area contributed by atoms with E-state index in [-0.39, 0.29) is 6.54 Å². The lowest BCUT2D eigenvalue weighted by Gasteiger charge is -2.18. The predicted molar refractivity (Wildman–Crippen MR) is 35.8 cm³/mol. The molecule has 0 saturated carbocycles. The topological polar surface area (TPSA) is 26.0 Å². The lowest BCUT2D eigenvalue weighted by Crippen LogP contribution is -2.30. The molecule has 1 unspecified atom stereocenters. The summed E-state index contributed by atoms with van der Waals surface area (Å²) in [7, 11) is 0. The molecule has 1 atom stereocenters. The number of rotatable bonds is 1. The Kier molecular flexibility index (Phi) is 1.67. The molecule has 0 radical (unpaired) electrons. The molecule has 0 spiro atoms. The molecule has 0 aromatic carbocycles. The summed E-state index contributed by atoms with van der Waals surface area (Å²) in [4.78, 5) is 0. The molecule has 0 aliphatic heterocycles. The smallest absolute Gasteiger partial charge is 0.145 e.